The highest BCUT2D eigenvalue weighted by Crippen LogP contribution is 2.55. The van der Waals surface area contributed by atoms with E-state index in [0.717, 1.165) is 11.5 Å². The summed E-state index contributed by atoms with van der Waals surface area (Å²) in [5.74, 6) is 2.19. The molecule has 0 saturated heterocycles. The molecule has 2 aromatic carbocycles. The van der Waals surface area contributed by atoms with E-state index in [1.807, 2.05) is 0 Å². The molecule has 2 aromatic heterocycles. The first-order valence-corrected chi connectivity index (χ1v) is 11.2. The van der Waals surface area contributed by atoms with Crippen LogP contribution in [0.25, 0.3) is 0 Å². The molecular weight excluding hydrogens is 396 g/mol. The van der Waals surface area contributed by atoms with E-state index in [0.29, 0.717) is 0 Å². The molecule has 6 aliphatic rings. The molecule has 0 radical (unpaired) electrons. The van der Waals surface area contributed by atoms with Crippen molar-refractivity contribution in [3.8, 4) is 11.5 Å². The number of benzene rings is 2. The van der Waals surface area contributed by atoms with Crippen LogP contribution in [0.4, 0.5) is 0 Å². The minimum atomic E-state index is 0.155. The highest BCUT2D eigenvalue weighted by molar-refractivity contribution is 5.54. The monoisotopic (exact) mass is 420 g/mol. The number of aromatic nitrogens is 2. The van der Waals surface area contributed by atoms with Gasteiger partial charge in [0.2, 0.25) is 12.1 Å². The Balaban J connectivity index is 1.64. The summed E-state index contributed by atoms with van der Waals surface area (Å²) >= 11 is 0. The van der Waals surface area contributed by atoms with Crippen molar-refractivity contribution in [3.63, 3.8) is 0 Å². The van der Waals surface area contributed by atoms with Gasteiger partial charge >= 0.3 is 0 Å². The van der Waals surface area contributed by atoms with E-state index < -0.39 is 0 Å². The van der Waals surface area contributed by atoms with Crippen LogP contribution in [0, 0.1) is 0 Å². The Bertz CT molecular complexity index is 1290. The minimum absolute atomic E-state index is 0.155. The molecule has 5 aliphatic heterocycles. The number of ether oxygens (including phenoxy) is 2. The van der Waals surface area contributed by atoms with E-state index in [-0.39, 0.29) is 23.9 Å². The van der Waals surface area contributed by atoms with Crippen LogP contribution in [0.15, 0.2) is 85.2 Å². The molecule has 4 bridgehead atoms. The molecule has 0 spiro atoms. The standard InChI is InChI=1S/C28H24N2O2/c1-31-17-9-11-19-21(15-17)25-23-7-3-5-13-29(23)27(19)28-20-12-10-18(32-2)16-22(20)26(25)24-8-4-6-14-30(24)28/h3-16,25-28H,1-2H3/q+2/t25-,26-,27-,28-/m0/s1. The van der Waals surface area contributed by atoms with Crippen molar-refractivity contribution >= 4 is 0 Å². The Morgan fingerprint density at radius 2 is 1.03 bits per heavy atom. The zero-order valence-electron chi connectivity index (χ0n) is 18.1. The van der Waals surface area contributed by atoms with E-state index in [9.17, 15) is 0 Å². The molecule has 4 atom stereocenters. The first-order valence-electron chi connectivity index (χ1n) is 11.2. The summed E-state index contributed by atoms with van der Waals surface area (Å²) in [5, 5.41) is 0. The maximum atomic E-state index is 5.67. The van der Waals surface area contributed by atoms with Gasteiger partial charge in [0, 0.05) is 35.4 Å². The Hall–Kier alpha value is -3.66. The average molecular weight is 421 g/mol. The predicted octanol–water partition coefficient (Wildman–Crippen LogP) is 4.06. The molecular formula is C28H24N2O2+2. The van der Waals surface area contributed by atoms with Gasteiger partial charge in [-0.25, -0.2) is 0 Å². The van der Waals surface area contributed by atoms with Crippen LogP contribution in [0.5, 0.6) is 11.5 Å². The normalized spacial score (nSPS) is 23.3. The van der Waals surface area contributed by atoms with E-state index in [2.05, 4.69) is 94.3 Å². The Kier molecular flexibility index (Phi) is 3.61. The third-order valence-electron chi connectivity index (χ3n) is 7.61. The largest absolute Gasteiger partial charge is 0.497 e. The third-order valence-corrected chi connectivity index (χ3v) is 7.61. The van der Waals surface area contributed by atoms with Gasteiger partial charge in [-0.3, -0.25) is 0 Å². The van der Waals surface area contributed by atoms with E-state index >= 15 is 0 Å². The number of methoxy groups -OCH3 is 2. The lowest BCUT2D eigenvalue weighted by atomic mass is 9.64. The summed E-state index contributed by atoms with van der Waals surface area (Å²) in [6, 6.07) is 26.9. The molecule has 0 amide bonds. The second kappa shape index (κ2) is 6.42. The first-order chi connectivity index (χ1) is 15.8. The molecule has 0 fully saturated rings. The minimum Gasteiger partial charge on any atom is -0.497 e. The zero-order valence-corrected chi connectivity index (χ0v) is 18.1. The topological polar surface area (TPSA) is 26.2 Å². The lowest BCUT2D eigenvalue weighted by Gasteiger charge is -2.42. The molecule has 0 saturated carbocycles. The second-order valence-corrected chi connectivity index (χ2v) is 8.90. The number of rotatable bonds is 2. The van der Waals surface area contributed by atoms with Gasteiger partial charge in [0.05, 0.1) is 26.1 Å². The smallest absolute Gasteiger partial charge is 0.249 e. The molecule has 1 aliphatic carbocycles. The fourth-order valence-corrected chi connectivity index (χ4v) is 6.37. The molecule has 0 N–H and O–H groups in total. The molecule has 7 heterocycles. The summed E-state index contributed by atoms with van der Waals surface area (Å²) in [4.78, 5) is 0. The Morgan fingerprint density at radius 1 is 0.562 bits per heavy atom. The van der Waals surface area contributed by atoms with Crippen LogP contribution in [-0.2, 0) is 0 Å². The maximum absolute atomic E-state index is 5.67. The quantitative estimate of drug-likeness (QED) is 0.457. The van der Waals surface area contributed by atoms with Gasteiger partial charge < -0.3 is 9.47 Å². The average Bonchev–Trinajstić information content (AvgIpc) is 2.84. The lowest BCUT2D eigenvalue weighted by molar-refractivity contribution is -0.817. The van der Waals surface area contributed by atoms with Crippen LogP contribution in [0.2, 0.25) is 0 Å². The van der Waals surface area contributed by atoms with Crippen molar-refractivity contribution in [1.82, 2.24) is 0 Å². The number of nitrogens with zero attached hydrogens (tertiary/aromatic N) is 2. The number of hydrogen-bond acceptors (Lipinski definition) is 2. The first kappa shape index (κ1) is 18.0. The van der Waals surface area contributed by atoms with Crippen LogP contribution in [0.3, 0.4) is 0 Å². The highest BCUT2D eigenvalue weighted by atomic mass is 16.5. The van der Waals surface area contributed by atoms with E-state index in [4.69, 9.17) is 9.47 Å². The Labute approximate surface area is 187 Å². The van der Waals surface area contributed by atoms with Crippen molar-refractivity contribution in [1.29, 1.82) is 0 Å². The molecule has 4 aromatic rings. The van der Waals surface area contributed by atoms with E-state index in [1.165, 1.54) is 33.6 Å². The molecule has 32 heavy (non-hydrogen) atoms. The van der Waals surface area contributed by atoms with Gasteiger partial charge in [-0.05, 0) is 47.5 Å². The van der Waals surface area contributed by atoms with Gasteiger partial charge in [0.25, 0.3) is 0 Å². The van der Waals surface area contributed by atoms with Crippen molar-refractivity contribution in [2.24, 2.45) is 0 Å². The molecule has 10 rings (SSSR count). The van der Waals surface area contributed by atoms with Crippen LogP contribution in [0.1, 0.15) is 57.6 Å². The van der Waals surface area contributed by atoms with Crippen molar-refractivity contribution in [3.05, 3.63) is 119 Å². The number of pyridine rings is 2. The van der Waals surface area contributed by atoms with Crippen LogP contribution >= 0.6 is 0 Å². The van der Waals surface area contributed by atoms with Crippen molar-refractivity contribution in [2.75, 3.05) is 14.2 Å². The molecule has 0 unspecified atom stereocenters. The van der Waals surface area contributed by atoms with Crippen LogP contribution < -0.4 is 18.6 Å². The van der Waals surface area contributed by atoms with Crippen molar-refractivity contribution < 1.29 is 18.6 Å². The zero-order chi connectivity index (χ0) is 21.4. The van der Waals surface area contributed by atoms with Gasteiger partial charge in [0.1, 0.15) is 11.5 Å². The summed E-state index contributed by atoms with van der Waals surface area (Å²) < 4.78 is 16.4. The lowest BCUT2D eigenvalue weighted by Crippen LogP contribution is -2.63. The van der Waals surface area contributed by atoms with Gasteiger partial charge in [0.15, 0.2) is 23.8 Å². The fourth-order valence-electron chi connectivity index (χ4n) is 6.37. The summed E-state index contributed by atoms with van der Waals surface area (Å²) in [5.41, 5.74) is 8.24. The SMILES string of the molecule is COc1ccc2c(c1)[C@H]1c3cccc[n+]3[C@@H]2[C@@H]2c3ccc(OC)cc3[C@H]1c1cccc[n+]12. The summed E-state index contributed by atoms with van der Waals surface area (Å²) in [6.45, 7) is 0. The number of hydrogen-bond donors (Lipinski definition) is 0. The molecule has 156 valence electrons. The van der Waals surface area contributed by atoms with Gasteiger partial charge in [-0.1, -0.05) is 12.1 Å². The van der Waals surface area contributed by atoms with Gasteiger partial charge in [-0.2, -0.15) is 9.13 Å². The van der Waals surface area contributed by atoms with E-state index in [1.54, 1.807) is 14.2 Å². The third kappa shape index (κ3) is 2.17. The second-order valence-electron chi connectivity index (χ2n) is 8.90. The highest BCUT2D eigenvalue weighted by Gasteiger charge is 2.58. The summed E-state index contributed by atoms with van der Waals surface area (Å²) in [6.07, 6.45) is 4.51. The molecule has 4 nitrogen and oxygen atoms in total. The van der Waals surface area contributed by atoms with Crippen molar-refractivity contribution in [2.45, 2.75) is 23.9 Å². The Morgan fingerprint density at radius 3 is 1.47 bits per heavy atom. The maximum Gasteiger partial charge on any atom is 0.249 e. The fraction of sp³-hybridized carbons (Fsp3) is 0.214. The van der Waals surface area contributed by atoms with Gasteiger partial charge in [-0.15, -0.1) is 0 Å². The predicted molar refractivity (Wildman–Crippen MR) is 119 cm³/mol. The van der Waals surface area contributed by atoms with Crippen LogP contribution in [-0.4, -0.2) is 14.2 Å². The summed E-state index contributed by atoms with van der Waals surface area (Å²) in [7, 11) is 3.51. The molecule has 4 heteroatoms.